The van der Waals surface area contributed by atoms with Crippen LogP contribution >= 0.6 is 11.8 Å². The number of carbonyl (C=O) groups excluding carboxylic acids is 3. The molecule has 0 bridgehead atoms. The van der Waals surface area contributed by atoms with Gasteiger partial charge in [-0.3, -0.25) is 9.59 Å². The summed E-state index contributed by atoms with van der Waals surface area (Å²) in [6, 6.07) is 34.7. The van der Waals surface area contributed by atoms with E-state index < -0.39 is 74.7 Å². The van der Waals surface area contributed by atoms with Crippen molar-refractivity contribution in [2.24, 2.45) is 22.7 Å². The molecule has 6 nitrogen and oxygen atoms in total. The van der Waals surface area contributed by atoms with Gasteiger partial charge in [0, 0.05) is 33.4 Å². The molecule has 10 heteroatoms. The Hall–Kier alpha value is -4.93. The number of halogens is 3. The smallest absolute Gasteiger partial charge is 0.339 e. The molecule has 0 amide bonds. The maximum absolute atomic E-state index is 17.8. The molecule has 0 unspecified atom stereocenters. The van der Waals surface area contributed by atoms with Gasteiger partial charge in [0.15, 0.2) is 22.7 Å². The first kappa shape index (κ1) is 38.9. The Bertz CT molecular complexity index is 2140. The fourth-order valence-electron chi connectivity index (χ4n) is 10.7. The van der Waals surface area contributed by atoms with Gasteiger partial charge in [0.2, 0.25) is 5.12 Å². The minimum Gasteiger partial charge on any atom is -0.473 e. The normalized spacial score (nSPS) is 31.7. The topological polar surface area (TPSA) is 89.9 Å². The minimum atomic E-state index is -2.39. The van der Waals surface area contributed by atoms with Gasteiger partial charge in [-0.05, 0) is 92.3 Å². The van der Waals surface area contributed by atoms with Crippen LogP contribution in [-0.2, 0) is 19.9 Å². The monoisotopic (exact) mass is 792 g/mol. The van der Waals surface area contributed by atoms with Gasteiger partial charge in [-0.2, -0.15) is 0 Å². The summed E-state index contributed by atoms with van der Waals surface area (Å²) in [6.45, 7) is 3.15. The highest BCUT2D eigenvalue weighted by Crippen LogP contribution is 2.71. The number of thioether (sulfide) groups is 1. The van der Waals surface area contributed by atoms with Crippen LogP contribution < -0.4 is 4.74 Å². The summed E-state index contributed by atoms with van der Waals surface area (Å²) in [5.41, 5.74) is -5.72. The summed E-state index contributed by atoms with van der Waals surface area (Å²) in [6.07, 6.45) is -0.278. The maximum atomic E-state index is 17.8. The molecule has 4 aromatic carbocycles. The number of aliphatic hydroxyl groups excluding tert-OH is 1. The summed E-state index contributed by atoms with van der Waals surface area (Å²) < 4.78 is 60.9. The molecular formula is C47H43F3O6S. The maximum Gasteiger partial charge on any atom is 0.339 e. The van der Waals surface area contributed by atoms with Gasteiger partial charge in [-0.15, -0.1) is 0 Å². The van der Waals surface area contributed by atoms with Crippen LogP contribution in [0.5, 0.6) is 5.75 Å². The fourth-order valence-corrected chi connectivity index (χ4v) is 11.4. The average molecular weight is 793 g/mol. The summed E-state index contributed by atoms with van der Waals surface area (Å²) in [4.78, 5) is 40.5. The molecule has 1 N–H and O–H groups in total. The number of aliphatic hydroxyl groups is 1. The quantitative estimate of drug-likeness (QED) is 0.134. The van der Waals surface area contributed by atoms with E-state index in [-0.39, 0.29) is 36.8 Å². The van der Waals surface area contributed by atoms with Crippen LogP contribution in [0.1, 0.15) is 66.6 Å². The summed E-state index contributed by atoms with van der Waals surface area (Å²) in [5, 5.41) is 11.1. The number of carbonyl (C=O) groups is 3. The highest BCUT2D eigenvalue weighted by atomic mass is 32.2. The molecule has 57 heavy (non-hydrogen) atoms. The Morgan fingerprint density at radius 1 is 0.860 bits per heavy atom. The molecule has 4 aliphatic carbocycles. The van der Waals surface area contributed by atoms with Crippen LogP contribution in [0.3, 0.4) is 0 Å². The third kappa shape index (κ3) is 5.84. The van der Waals surface area contributed by atoms with Gasteiger partial charge in [0.25, 0.3) is 0 Å². The summed E-state index contributed by atoms with van der Waals surface area (Å²) in [5.74, 6) is -2.70. The van der Waals surface area contributed by atoms with Crippen molar-refractivity contribution >= 4 is 28.6 Å². The first-order chi connectivity index (χ1) is 27.3. The molecule has 4 aromatic rings. The van der Waals surface area contributed by atoms with E-state index in [1.165, 1.54) is 31.2 Å². The molecule has 4 aliphatic rings. The number of ether oxygens (including phenoxy) is 2. The molecule has 0 radical (unpaired) electrons. The lowest BCUT2D eigenvalue weighted by Crippen LogP contribution is -2.70. The van der Waals surface area contributed by atoms with Gasteiger partial charge >= 0.3 is 5.97 Å². The molecule has 0 heterocycles. The van der Waals surface area contributed by atoms with Crippen LogP contribution in [0.15, 0.2) is 139 Å². The van der Waals surface area contributed by atoms with Crippen molar-refractivity contribution in [2.75, 3.05) is 6.01 Å². The van der Waals surface area contributed by atoms with Gasteiger partial charge in [-0.25, -0.2) is 18.0 Å². The second-order valence-corrected chi connectivity index (χ2v) is 16.9. The zero-order valence-electron chi connectivity index (χ0n) is 31.6. The van der Waals surface area contributed by atoms with Crippen LogP contribution in [0, 0.1) is 22.7 Å². The number of hydrogen-bond donors (Lipinski definition) is 1. The third-order valence-electron chi connectivity index (χ3n) is 13.4. The zero-order valence-corrected chi connectivity index (χ0v) is 32.4. The van der Waals surface area contributed by atoms with E-state index in [9.17, 15) is 23.9 Å². The average Bonchev–Trinajstić information content (AvgIpc) is 3.51. The predicted molar refractivity (Wildman–Crippen MR) is 212 cm³/mol. The second kappa shape index (κ2) is 14.5. The number of hydrogen-bond acceptors (Lipinski definition) is 7. The van der Waals surface area contributed by atoms with E-state index in [0.717, 1.165) is 22.8 Å². The minimum absolute atomic E-state index is 0.0166. The summed E-state index contributed by atoms with van der Waals surface area (Å²) in [7, 11) is 0. The molecule has 0 aromatic heterocycles. The van der Waals surface area contributed by atoms with Gasteiger partial charge in [0.05, 0.1) is 11.7 Å². The molecular weight excluding hydrogens is 750 g/mol. The van der Waals surface area contributed by atoms with E-state index >= 15 is 8.78 Å². The van der Waals surface area contributed by atoms with Crippen molar-refractivity contribution in [2.45, 2.75) is 68.7 Å². The van der Waals surface area contributed by atoms with Crippen molar-refractivity contribution < 1.29 is 42.1 Å². The van der Waals surface area contributed by atoms with E-state index in [1.807, 2.05) is 91.0 Å². The van der Waals surface area contributed by atoms with E-state index in [0.29, 0.717) is 17.5 Å². The highest BCUT2D eigenvalue weighted by Gasteiger charge is 2.76. The molecule has 294 valence electrons. The van der Waals surface area contributed by atoms with Crippen molar-refractivity contribution in [3.8, 4) is 5.75 Å². The molecule has 3 fully saturated rings. The molecule has 3 saturated carbocycles. The molecule has 0 spiro atoms. The Morgan fingerprint density at radius 3 is 1.96 bits per heavy atom. The van der Waals surface area contributed by atoms with Crippen LogP contribution in [0.2, 0.25) is 0 Å². The number of rotatable bonds is 9. The lowest BCUT2D eigenvalue weighted by molar-refractivity contribution is -0.219. The lowest BCUT2D eigenvalue weighted by Gasteiger charge is -2.63. The van der Waals surface area contributed by atoms with Crippen LogP contribution in [-0.4, -0.2) is 51.5 Å². The van der Waals surface area contributed by atoms with Crippen molar-refractivity contribution in [1.29, 1.82) is 0 Å². The lowest BCUT2D eigenvalue weighted by atomic mass is 9.44. The number of alkyl halides is 3. The zero-order chi connectivity index (χ0) is 40.2. The Morgan fingerprint density at radius 2 is 1.42 bits per heavy atom. The second-order valence-electron chi connectivity index (χ2n) is 16.1. The Labute approximate surface area is 334 Å². The van der Waals surface area contributed by atoms with E-state index in [2.05, 4.69) is 0 Å². The number of ketones is 1. The van der Waals surface area contributed by atoms with E-state index in [1.54, 1.807) is 19.1 Å². The van der Waals surface area contributed by atoms with Crippen LogP contribution in [0.4, 0.5) is 13.2 Å². The Kier molecular flexibility index (Phi) is 9.88. The van der Waals surface area contributed by atoms with Gasteiger partial charge < -0.3 is 14.6 Å². The highest BCUT2D eigenvalue weighted by molar-refractivity contribution is 8.13. The predicted octanol–water partition coefficient (Wildman–Crippen LogP) is 9.46. The number of allylic oxidation sites excluding steroid dienone is 4. The van der Waals surface area contributed by atoms with Crippen molar-refractivity contribution in [1.82, 2.24) is 0 Å². The standard InChI is InChI=1S/C47H43F3O6S/c1-43-24-22-34(51)26-38(43)39(49)27-37-36-23-25-45(42(54)57-29-48,44(36,2)28-40(52)47(37,43)50)56-41(53)30-18-20-35(21-19-30)55-46(31-12-6-3-7-13-31,32-14-8-4-9-15-32)33-16-10-5-11-17-33/h3-22,24,26,36-37,39-40,52H,23,25,27-29H2,1-2H3/t36-,37-,39-,40-,43-,44-,45-,47-/m0/s1. The summed E-state index contributed by atoms with van der Waals surface area (Å²) >= 11 is 0.359. The first-order valence-corrected chi connectivity index (χ1v) is 20.2. The number of fused-ring (bicyclic) bond motifs is 5. The van der Waals surface area contributed by atoms with Crippen molar-refractivity contribution in [3.63, 3.8) is 0 Å². The van der Waals surface area contributed by atoms with Crippen LogP contribution in [0.25, 0.3) is 0 Å². The first-order valence-electron chi connectivity index (χ1n) is 19.2. The molecule has 8 atom stereocenters. The van der Waals surface area contributed by atoms with Gasteiger partial charge in [0.1, 0.15) is 17.9 Å². The van der Waals surface area contributed by atoms with E-state index in [4.69, 9.17) is 9.47 Å². The third-order valence-corrected chi connectivity index (χ3v) is 14.1. The SMILES string of the molecule is C[C@]12C=CC(=O)C=C1[C@@H](F)C[C@H]1[C@@H]3CC[C@](OC(=O)c4ccc(OC(c5ccccc5)(c5ccccc5)c5ccccc5)cc4)(C(=O)SCF)[C@@]3(C)C[C@H](O)[C@@]12F. The Balaban J connectivity index is 1.12. The van der Waals surface area contributed by atoms with Crippen molar-refractivity contribution in [3.05, 3.63) is 161 Å². The number of benzene rings is 4. The number of esters is 1. The molecule has 0 saturated heterocycles. The largest absolute Gasteiger partial charge is 0.473 e. The van der Waals surface area contributed by atoms with Gasteiger partial charge in [-0.1, -0.05) is 104 Å². The fraction of sp³-hybridized carbons (Fsp3) is 0.340. The molecule has 8 rings (SSSR count). The molecule has 0 aliphatic heterocycles.